The van der Waals surface area contributed by atoms with E-state index in [0.29, 0.717) is 13.0 Å². The van der Waals surface area contributed by atoms with Crippen LogP contribution in [0.3, 0.4) is 0 Å². The minimum atomic E-state index is -0.766. The van der Waals surface area contributed by atoms with Gasteiger partial charge in [0.1, 0.15) is 6.10 Å². The molecule has 0 saturated carbocycles. The third-order valence-electron chi connectivity index (χ3n) is 2.14. The summed E-state index contributed by atoms with van der Waals surface area (Å²) in [6.07, 6.45) is -1.41. The molecule has 0 bridgehead atoms. The summed E-state index contributed by atoms with van der Waals surface area (Å²) in [7, 11) is 1.59. The number of aliphatic hydroxyl groups excluding tert-OH is 2. The van der Waals surface area contributed by atoms with Gasteiger partial charge in [0.05, 0.1) is 24.9 Å². The molecule has 1 rings (SSSR count). The van der Waals surface area contributed by atoms with Crippen LogP contribution >= 0.6 is 0 Å². The van der Waals surface area contributed by atoms with E-state index in [1.807, 2.05) is 0 Å². The zero-order valence-electron chi connectivity index (χ0n) is 7.43. The number of hydrogen-bond donors (Lipinski definition) is 2. The Morgan fingerprint density at radius 3 is 2.67 bits per heavy atom. The van der Waals surface area contributed by atoms with Gasteiger partial charge in [-0.25, -0.2) is 0 Å². The Hall–Kier alpha value is -0.160. The van der Waals surface area contributed by atoms with E-state index in [-0.39, 0.29) is 12.2 Å². The Morgan fingerprint density at radius 1 is 1.50 bits per heavy atom. The standard InChI is InChI=1S/C8H16O4/c1-5-8(10)7(9)3-6(12-5)4-11-2/h5-10H,3-4H2,1-2H3. The van der Waals surface area contributed by atoms with E-state index in [1.165, 1.54) is 0 Å². The van der Waals surface area contributed by atoms with Gasteiger partial charge in [-0.1, -0.05) is 0 Å². The number of rotatable bonds is 2. The van der Waals surface area contributed by atoms with E-state index < -0.39 is 12.2 Å². The van der Waals surface area contributed by atoms with Gasteiger partial charge in [0, 0.05) is 13.5 Å². The normalized spacial score (nSPS) is 43.0. The van der Waals surface area contributed by atoms with Crippen LogP contribution in [0.5, 0.6) is 0 Å². The third-order valence-corrected chi connectivity index (χ3v) is 2.14. The first-order valence-electron chi connectivity index (χ1n) is 4.15. The molecule has 0 aromatic heterocycles. The largest absolute Gasteiger partial charge is 0.390 e. The van der Waals surface area contributed by atoms with Crippen molar-refractivity contribution in [2.45, 2.75) is 37.8 Å². The summed E-state index contributed by atoms with van der Waals surface area (Å²) < 4.78 is 10.3. The summed E-state index contributed by atoms with van der Waals surface area (Å²) in [5.41, 5.74) is 0. The number of hydrogen-bond acceptors (Lipinski definition) is 4. The molecule has 0 spiro atoms. The van der Waals surface area contributed by atoms with Gasteiger partial charge in [0.2, 0.25) is 0 Å². The average molecular weight is 176 g/mol. The summed E-state index contributed by atoms with van der Waals surface area (Å²) in [5.74, 6) is 0. The molecule has 1 fully saturated rings. The highest BCUT2D eigenvalue weighted by molar-refractivity contribution is 4.82. The first-order chi connectivity index (χ1) is 5.65. The molecule has 0 radical (unpaired) electrons. The first-order valence-corrected chi connectivity index (χ1v) is 4.15. The zero-order valence-corrected chi connectivity index (χ0v) is 7.43. The molecule has 72 valence electrons. The lowest BCUT2D eigenvalue weighted by molar-refractivity contribution is -0.172. The Morgan fingerprint density at radius 2 is 2.17 bits per heavy atom. The van der Waals surface area contributed by atoms with Crippen molar-refractivity contribution in [1.29, 1.82) is 0 Å². The molecule has 4 nitrogen and oxygen atoms in total. The molecule has 4 heteroatoms. The predicted octanol–water partition coefficient (Wildman–Crippen LogP) is -0.468. The van der Waals surface area contributed by atoms with Crippen molar-refractivity contribution in [2.24, 2.45) is 0 Å². The van der Waals surface area contributed by atoms with Gasteiger partial charge in [-0.15, -0.1) is 0 Å². The monoisotopic (exact) mass is 176 g/mol. The van der Waals surface area contributed by atoms with E-state index in [2.05, 4.69) is 0 Å². The fraction of sp³-hybridized carbons (Fsp3) is 1.00. The van der Waals surface area contributed by atoms with Gasteiger partial charge in [-0.3, -0.25) is 0 Å². The fourth-order valence-electron chi connectivity index (χ4n) is 1.45. The van der Waals surface area contributed by atoms with Crippen molar-refractivity contribution >= 4 is 0 Å². The summed E-state index contributed by atoms with van der Waals surface area (Å²) in [4.78, 5) is 0. The van der Waals surface area contributed by atoms with Crippen LogP contribution in [-0.4, -0.2) is 48.3 Å². The number of methoxy groups -OCH3 is 1. The van der Waals surface area contributed by atoms with Gasteiger partial charge in [-0.2, -0.15) is 0 Å². The molecule has 2 N–H and O–H groups in total. The van der Waals surface area contributed by atoms with Crippen LogP contribution in [0.1, 0.15) is 13.3 Å². The van der Waals surface area contributed by atoms with Crippen molar-refractivity contribution in [1.82, 2.24) is 0 Å². The van der Waals surface area contributed by atoms with Crippen molar-refractivity contribution in [3.05, 3.63) is 0 Å². The molecule has 1 saturated heterocycles. The number of aliphatic hydroxyl groups is 2. The lowest BCUT2D eigenvalue weighted by atomic mass is 9.99. The second-order valence-electron chi connectivity index (χ2n) is 3.21. The van der Waals surface area contributed by atoms with Crippen molar-refractivity contribution in [3.8, 4) is 0 Å². The molecular weight excluding hydrogens is 160 g/mol. The van der Waals surface area contributed by atoms with Crippen molar-refractivity contribution in [3.63, 3.8) is 0 Å². The van der Waals surface area contributed by atoms with E-state index in [0.717, 1.165) is 0 Å². The average Bonchev–Trinajstić information content (AvgIpc) is 2.01. The number of ether oxygens (including phenoxy) is 2. The Balaban J connectivity index is 2.42. The Bertz CT molecular complexity index is 127. The molecule has 12 heavy (non-hydrogen) atoms. The summed E-state index contributed by atoms with van der Waals surface area (Å²) >= 11 is 0. The highest BCUT2D eigenvalue weighted by Gasteiger charge is 2.33. The quantitative estimate of drug-likeness (QED) is 0.597. The molecule has 1 aliphatic rings. The van der Waals surface area contributed by atoms with Crippen molar-refractivity contribution in [2.75, 3.05) is 13.7 Å². The van der Waals surface area contributed by atoms with Crippen LogP contribution in [0.15, 0.2) is 0 Å². The van der Waals surface area contributed by atoms with Gasteiger partial charge in [0.25, 0.3) is 0 Å². The SMILES string of the molecule is COCC1CC(O)C(O)C(C)O1. The lowest BCUT2D eigenvalue weighted by Crippen LogP contribution is -2.47. The maximum Gasteiger partial charge on any atom is 0.106 e. The predicted molar refractivity (Wildman–Crippen MR) is 42.8 cm³/mol. The molecule has 4 atom stereocenters. The van der Waals surface area contributed by atoms with Crippen molar-refractivity contribution < 1.29 is 19.7 Å². The van der Waals surface area contributed by atoms with E-state index >= 15 is 0 Å². The van der Waals surface area contributed by atoms with Crippen LogP contribution in [0.25, 0.3) is 0 Å². The Labute approximate surface area is 72.1 Å². The molecule has 0 aromatic rings. The second-order valence-corrected chi connectivity index (χ2v) is 3.21. The summed E-state index contributed by atoms with van der Waals surface area (Å²) in [6.45, 7) is 2.21. The van der Waals surface area contributed by atoms with Gasteiger partial charge in [-0.05, 0) is 6.92 Å². The summed E-state index contributed by atoms with van der Waals surface area (Å²) in [6, 6.07) is 0. The molecule has 0 amide bonds. The smallest absolute Gasteiger partial charge is 0.106 e. The van der Waals surface area contributed by atoms with E-state index in [9.17, 15) is 10.2 Å². The van der Waals surface area contributed by atoms with E-state index in [4.69, 9.17) is 9.47 Å². The van der Waals surface area contributed by atoms with Gasteiger partial charge < -0.3 is 19.7 Å². The summed E-state index contributed by atoms with van der Waals surface area (Å²) in [5, 5.41) is 18.7. The van der Waals surface area contributed by atoms with Gasteiger partial charge >= 0.3 is 0 Å². The van der Waals surface area contributed by atoms with Crippen LogP contribution in [0, 0.1) is 0 Å². The van der Waals surface area contributed by atoms with Crippen LogP contribution in [0.4, 0.5) is 0 Å². The minimum Gasteiger partial charge on any atom is -0.390 e. The molecule has 4 unspecified atom stereocenters. The molecule has 1 aliphatic heterocycles. The highest BCUT2D eigenvalue weighted by Crippen LogP contribution is 2.19. The maximum absolute atomic E-state index is 9.36. The molecule has 0 aliphatic carbocycles. The van der Waals surface area contributed by atoms with Crippen LogP contribution < -0.4 is 0 Å². The van der Waals surface area contributed by atoms with E-state index in [1.54, 1.807) is 14.0 Å². The van der Waals surface area contributed by atoms with Crippen LogP contribution in [-0.2, 0) is 9.47 Å². The van der Waals surface area contributed by atoms with Crippen LogP contribution in [0.2, 0.25) is 0 Å². The second kappa shape index (κ2) is 4.18. The topological polar surface area (TPSA) is 58.9 Å². The fourth-order valence-corrected chi connectivity index (χ4v) is 1.45. The van der Waals surface area contributed by atoms with Gasteiger partial charge in [0.15, 0.2) is 0 Å². The lowest BCUT2D eigenvalue weighted by Gasteiger charge is -2.35. The maximum atomic E-state index is 9.36. The first kappa shape index (κ1) is 9.92. The molecule has 1 heterocycles. The Kier molecular flexibility index (Phi) is 3.46. The minimum absolute atomic E-state index is 0.0941. The molecular formula is C8H16O4. The third kappa shape index (κ3) is 2.17. The molecule has 0 aromatic carbocycles. The highest BCUT2D eigenvalue weighted by atomic mass is 16.5. The zero-order chi connectivity index (χ0) is 9.14.